The molecule has 4 N–H and O–H groups in total. The van der Waals surface area contributed by atoms with Gasteiger partial charge in [0.05, 0.1) is 0 Å². The van der Waals surface area contributed by atoms with Gasteiger partial charge < -0.3 is 20.9 Å². The molecule has 0 saturated carbocycles. The van der Waals surface area contributed by atoms with Crippen LogP contribution in [0.3, 0.4) is 0 Å². The van der Waals surface area contributed by atoms with Crippen molar-refractivity contribution in [2.24, 2.45) is 5.73 Å². The molecule has 0 radical (unpaired) electrons. The number of carbonyl (C=O) groups is 2. The molecule has 0 fully saturated rings. The van der Waals surface area contributed by atoms with Crippen LogP contribution >= 0.6 is 0 Å². The molecule has 0 saturated heterocycles. The van der Waals surface area contributed by atoms with Crippen LogP contribution in [0.2, 0.25) is 0 Å². The molecule has 0 bridgehead atoms. The van der Waals surface area contributed by atoms with E-state index < -0.39 is 24.2 Å². The van der Waals surface area contributed by atoms with Crippen molar-refractivity contribution in [3.8, 4) is 0 Å². The fourth-order valence-corrected chi connectivity index (χ4v) is 1.18. The van der Waals surface area contributed by atoms with E-state index in [4.69, 9.17) is 15.6 Å². The molecule has 94 valence electrons. The molecule has 16 heavy (non-hydrogen) atoms. The van der Waals surface area contributed by atoms with Gasteiger partial charge in [-0.3, -0.25) is 4.79 Å². The first-order chi connectivity index (χ1) is 7.37. The summed E-state index contributed by atoms with van der Waals surface area (Å²) in [5.41, 5.74) is 4.76. The summed E-state index contributed by atoms with van der Waals surface area (Å²) in [6.07, 6.45) is 1.74. The molecule has 0 aromatic rings. The molecule has 0 unspecified atom stereocenters. The molecule has 0 aromatic heterocycles. The summed E-state index contributed by atoms with van der Waals surface area (Å²) in [5.74, 6) is -1.10. The summed E-state index contributed by atoms with van der Waals surface area (Å²) in [6, 6.07) is 0. The lowest BCUT2D eigenvalue weighted by molar-refractivity contribution is -0.136. The zero-order chi connectivity index (χ0) is 12.6. The summed E-state index contributed by atoms with van der Waals surface area (Å²) in [5, 5.41) is 10.5. The SMILES string of the molecule is CC(C)(CCCCN)OC(=O)NCC(=O)O. The second-order valence-electron chi connectivity index (χ2n) is 4.14. The Morgan fingerprint density at radius 2 is 2.00 bits per heavy atom. The fourth-order valence-electron chi connectivity index (χ4n) is 1.18. The second-order valence-corrected chi connectivity index (χ2v) is 4.14. The van der Waals surface area contributed by atoms with Crippen LogP contribution in [-0.2, 0) is 9.53 Å². The van der Waals surface area contributed by atoms with Crippen LogP contribution in [-0.4, -0.2) is 35.9 Å². The van der Waals surface area contributed by atoms with Gasteiger partial charge in [0.25, 0.3) is 0 Å². The van der Waals surface area contributed by atoms with Crippen molar-refractivity contribution < 1.29 is 19.4 Å². The lowest BCUT2D eigenvalue weighted by atomic mass is 10.0. The van der Waals surface area contributed by atoms with Crippen molar-refractivity contribution in [3.63, 3.8) is 0 Å². The maximum atomic E-state index is 11.2. The van der Waals surface area contributed by atoms with Crippen molar-refractivity contribution >= 4 is 12.1 Å². The highest BCUT2D eigenvalue weighted by molar-refractivity contribution is 5.76. The number of amides is 1. The van der Waals surface area contributed by atoms with E-state index in [1.165, 1.54) is 0 Å². The summed E-state index contributed by atoms with van der Waals surface area (Å²) in [7, 11) is 0. The van der Waals surface area contributed by atoms with Crippen LogP contribution in [0, 0.1) is 0 Å². The van der Waals surface area contributed by atoms with Gasteiger partial charge in [-0.25, -0.2) is 4.79 Å². The van der Waals surface area contributed by atoms with Gasteiger partial charge in [-0.2, -0.15) is 0 Å². The Balaban J connectivity index is 3.85. The van der Waals surface area contributed by atoms with Crippen LogP contribution in [0.15, 0.2) is 0 Å². The van der Waals surface area contributed by atoms with Gasteiger partial charge in [-0.1, -0.05) is 0 Å². The number of carboxylic acid groups (broad SMARTS) is 1. The topological polar surface area (TPSA) is 102 Å². The first-order valence-corrected chi connectivity index (χ1v) is 5.26. The third-order valence-electron chi connectivity index (χ3n) is 1.99. The summed E-state index contributed by atoms with van der Waals surface area (Å²) < 4.78 is 5.08. The van der Waals surface area contributed by atoms with Gasteiger partial charge in [-0.15, -0.1) is 0 Å². The van der Waals surface area contributed by atoms with Crippen LogP contribution in [0.1, 0.15) is 33.1 Å². The van der Waals surface area contributed by atoms with Gasteiger partial charge in [-0.05, 0) is 39.7 Å². The molecule has 0 aliphatic carbocycles. The first-order valence-electron chi connectivity index (χ1n) is 5.26. The van der Waals surface area contributed by atoms with Gasteiger partial charge in [0, 0.05) is 0 Å². The van der Waals surface area contributed by atoms with Gasteiger partial charge in [0.15, 0.2) is 0 Å². The number of rotatable bonds is 7. The molecule has 0 aliphatic rings. The second kappa shape index (κ2) is 7.05. The molecular formula is C10H20N2O4. The average molecular weight is 232 g/mol. The maximum absolute atomic E-state index is 11.2. The lowest BCUT2D eigenvalue weighted by Gasteiger charge is -2.24. The number of nitrogens with two attached hydrogens (primary N) is 1. The highest BCUT2D eigenvalue weighted by Crippen LogP contribution is 2.17. The summed E-state index contributed by atoms with van der Waals surface area (Å²) in [6.45, 7) is 3.74. The number of alkyl carbamates (subject to hydrolysis) is 1. The van der Waals surface area contributed by atoms with E-state index in [0.29, 0.717) is 13.0 Å². The monoisotopic (exact) mass is 232 g/mol. The highest BCUT2D eigenvalue weighted by Gasteiger charge is 2.22. The standard InChI is InChI=1S/C10H20N2O4/c1-10(2,5-3-4-6-11)16-9(15)12-7-8(13)14/h3-7,11H2,1-2H3,(H,12,15)(H,13,14). The number of carboxylic acids is 1. The molecule has 6 nitrogen and oxygen atoms in total. The van der Waals surface area contributed by atoms with Crippen LogP contribution in [0.4, 0.5) is 4.79 Å². The minimum atomic E-state index is -1.10. The van der Waals surface area contributed by atoms with Crippen molar-refractivity contribution in [3.05, 3.63) is 0 Å². The smallest absolute Gasteiger partial charge is 0.408 e. The number of hydrogen-bond donors (Lipinski definition) is 3. The number of aliphatic carboxylic acids is 1. The van der Waals surface area contributed by atoms with Crippen molar-refractivity contribution in [2.75, 3.05) is 13.1 Å². The quantitative estimate of drug-likeness (QED) is 0.561. The van der Waals surface area contributed by atoms with Gasteiger partial charge in [0.2, 0.25) is 0 Å². The molecule has 6 heteroatoms. The Hall–Kier alpha value is -1.30. The molecule has 0 spiro atoms. The normalized spacial score (nSPS) is 10.9. The number of unbranched alkanes of at least 4 members (excludes halogenated alkanes) is 1. The Bertz CT molecular complexity index is 241. The van der Waals surface area contributed by atoms with Gasteiger partial charge >= 0.3 is 12.1 Å². The number of nitrogens with one attached hydrogen (secondary N) is 1. The lowest BCUT2D eigenvalue weighted by Crippen LogP contribution is -2.37. The maximum Gasteiger partial charge on any atom is 0.408 e. The van der Waals surface area contributed by atoms with Gasteiger partial charge in [0.1, 0.15) is 12.1 Å². The Morgan fingerprint density at radius 1 is 1.38 bits per heavy atom. The Kier molecular flexibility index (Phi) is 6.48. The predicted octanol–water partition coefficient (Wildman–Crippen LogP) is 0.705. The average Bonchev–Trinajstić information content (AvgIpc) is 2.14. The Morgan fingerprint density at radius 3 is 2.50 bits per heavy atom. The number of ether oxygens (including phenoxy) is 1. The third kappa shape index (κ3) is 8.05. The Labute approximate surface area is 95.1 Å². The minimum Gasteiger partial charge on any atom is -0.480 e. The zero-order valence-electron chi connectivity index (χ0n) is 9.78. The first kappa shape index (κ1) is 14.7. The van der Waals surface area contributed by atoms with E-state index >= 15 is 0 Å². The minimum absolute atomic E-state index is 0.433. The van der Waals surface area contributed by atoms with Crippen molar-refractivity contribution in [1.29, 1.82) is 0 Å². The largest absolute Gasteiger partial charge is 0.480 e. The molecule has 0 rings (SSSR count). The van der Waals surface area contributed by atoms with E-state index in [0.717, 1.165) is 12.8 Å². The number of carbonyl (C=O) groups excluding carboxylic acids is 1. The molecule has 0 aliphatic heterocycles. The van der Waals surface area contributed by atoms with Crippen LogP contribution < -0.4 is 11.1 Å². The number of hydrogen-bond acceptors (Lipinski definition) is 4. The zero-order valence-corrected chi connectivity index (χ0v) is 9.78. The summed E-state index contributed by atoms with van der Waals surface area (Å²) >= 11 is 0. The predicted molar refractivity (Wildman–Crippen MR) is 59.1 cm³/mol. The van der Waals surface area contributed by atoms with Crippen molar-refractivity contribution in [2.45, 2.75) is 38.7 Å². The van der Waals surface area contributed by atoms with E-state index in [9.17, 15) is 9.59 Å². The van der Waals surface area contributed by atoms with E-state index in [1.807, 2.05) is 0 Å². The van der Waals surface area contributed by atoms with Crippen molar-refractivity contribution in [1.82, 2.24) is 5.32 Å². The molecule has 0 heterocycles. The van der Waals surface area contributed by atoms with E-state index in [1.54, 1.807) is 13.8 Å². The van der Waals surface area contributed by atoms with Crippen LogP contribution in [0.5, 0.6) is 0 Å². The fraction of sp³-hybridized carbons (Fsp3) is 0.800. The third-order valence-corrected chi connectivity index (χ3v) is 1.99. The molecule has 0 aromatic carbocycles. The van der Waals surface area contributed by atoms with E-state index in [-0.39, 0.29) is 0 Å². The molecule has 1 amide bonds. The summed E-state index contributed by atoms with van der Waals surface area (Å²) in [4.78, 5) is 21.4. The highest BCUT2D eigenvalue weighted by atomic mass is 16.6. The van der Waals surface area contributed by atoms with E-state index in [2.05, 4.69) is 5.32 Å². The van der Waals surface area contributed by atoms with Crippen LogP contribution in [0.25, 0.3) is 0 Å². The molecule has 0 atom stereocenters. The molecular weight excluding hydrogens is 212 g/mol.